The van der Waals surface area contributed by atoms with Crippen LogP contribution >= 0.6 is 0 Å². The fraction of sp³-hybridized carbons (Fsp3) is 0.567. The topological polar surface area (TPSA) is 129 Å². The molecule has 4 heterocycles. The molecular weight excluding hydrogens is 522 g/mol. The van der Waals surface area contributed by atoms with Crippen LogP contribution in [0, 0.1) is 0 Å². The van der Waals surface area contributed by atoms with E-state index in [-0.39, 0.29) is 23.8 Å². The number of nitrogens with one attached hydrogen (secondary N) is 3. The summed E-state index contributed by atoms with van der Waals surface area (Å²) in [5.41, 5.74) is 2.06. The highest BCUT2D eigenvalue weighted by atomic mass is 16.5. The van der Waals surface area contributed by atoms with Gasteiger partial charge in [-0.1, -0.05) is 33.6 Å². The van der Waals surface area contributed by atoms with Crippen LogP contribution in [-0.2, 0) is 9.59 Å². The lowest BCUT2D eigenvalue weighted by Crippen LogP contribution is -2.55. The van der Waals surface area contributed by atoms with Crippen LogP contribution in [0.4, 0.5) is 23.0 Å². The minimum absolute atomic E-state index is 0.0953. The van der Waals surface area contributed by atoms with E-state index in [1.807, 2.05) is 19.9 Å². The van der Waals surface area contributed by atoms with Crippen molar-refractivity contribution < 1.29 is 19.1 Å². The first-order valence-corrected chi connectivity index (χ1v) is 14.9. The molecule has 1 saturated carbocycles. The zero-order chi connectivity index (χ0) is 29.5. The largest absolute Gasteiger partial charge is 0.493 e. The van der Waals surface area contributed by atoms with Gasteiger partial charge in [0.25, 0.3) is 5.91 Å². The molecule has 11 nitrogen and oxygen atoms in total. The molecule has 2 unspecified atom stereocenters. The highest BCUT2D eigenvalue weighted by Gasteiger charge is 2.40. The van der Waals surface area contributed by atoms with E-state index in [1.54, 1.807) is 24.2 Å². The Morgan fingerprint density at radius 1 is 1.05 bits per heavy atom. The molecule has 0 radical (unpaired) electrons. The number of likely N-dealkylation sites (N-methyl/N-ethyl adjacent to an activating group) is 1. The smallest absolute Gasteiger partial charge is 0.253 e. The number of aromatic nitrogens is 2. The molecular formula is C30H43N7O4. The number of hydrogen-bond donors (Lipinski definition) is 3. The van der Waals surface area contributed by atoms with E-state index < -0.39 is 6.04 Å². The zero-order valence-corrected chi connectivity index (χ0v) is 24.8. The van der Waals surface area contributed by atoms with Gasteiger partial charge in [-0.25, -0.2) is 9.97 Å². The molecule has 0 bridgehead atoms. The maximum atomic E-state index is 13.2. The van der Waals surface area contributed by atoms with E-state index in [4.69, 9.17) is 4.74 Å². The number of amides is 3. The second-order valence-corrected chi connectivity index (χ2v) is 10.4. The zero-order valence-electron chi connectivity index (χ0n) is 24.8. The molecule has 0 spiro atoms. The van der Waals surface area contributed by atoms with Crippen LogP contribution < -0.4 is 30.5 Å². The lowest BCUT2D eigenvalue weighted by molar-refractivity contribution is -0.122. The number of pyridine rings is 2. The molecule has 2 aliphatic heterocycles. The molecule has 0 aromatic carbocycles. The Bertz CT molecular complexity index is 1250. The van der Waals surface area contributed by atoms with Crippen LogP contribution in [-0.4, -0.2) is 66.5 Å². The second kappa shape index (κ2) is 13.6. The number of methoxy groups -OCH3 is 1. The summed E-state index contributed by atoms with van der Waals surface area (Å²) >= 11 is 0. The molecule has 11 heteroatoms. The Morgan fingerprint density at radius 3 is 2.49 bits per heavy atom. The van der Waals surface area contributed by atoms with Gasteiger partial charge in [0.2, 0.25) is 11.8 Å². The summed E-state index contributed by atoms with van der Waals surface area (Å²) in [5.74, 6) is 0.895. The van der Waals surface area contributed by atoms with Crippen LogP contribution in [0.5, 0.6) is 5.75 Å². The van der Waals surface area contributed by atoms with Gasteiger partial charge >= 0.3 is 0 Å². The van der Waals surface area contributed by atoms with Crippen LogP contribution in [0.3, 0.4) is 0 Å². The SMILES string of the molecule is CC.CCC1C(=O)N(C)c2cnc(Nc3ncc(C(=O)NC4CCCCNC4=O)cc3OC)cc2N1C1CCCC1. The van der Waals surface area contributed by atoms with Crippen molar-refractivity contribution in [2.45, 2.75) is 90.3 Å². The summed E-state index contributed by atoms with van der Waals surface area (Å²) in [6.45, 7) is 6.68. The molecule has 3 N–H and O–H groups in total. The average Bonchev–Trinajstić information content (AvgIpc) is 3.45. The van der Waals surface area contributed by atoms with Crippen LogP contribution in [0.1, 0.15) is 82.5 Å². The molecule has 1 aliphatic carbocycles. The maximum Gasteiger partial charge on any atom is 0.253 e. The van der Waals surface area contributed by atoms with Crippen molar-refractivity contribution in [3.05, 3.63) is 30.1 Å². The summed E-state index contributed by atoms with van der Waals surface area (Å²) in [6.07, 6.45) is 10.7. The lowest BCUT2D eigenvalue weighted by Gasteiger charge is -2.44. The summed E-state index contributed by atoms with van der Waals surface area (Å²) < 4.78 is 5.54. The lowest BCUT2D eigenvalue weighted by atomic mass is 10.0. The van der Waals surface area contributed by atoms with Gasteiger partial charge in [0.1, 0.15) is 17.9 Å². The Labute approximate surface area is 242 Å². The molecule has 2 atom stereocenters. The average molecular weight is 566 g/mol. The Hall–Kier alpha value is -3.89. The van der Waals surface area contributed by atoms with Crippen molar-refractivity contribution in [3.63, 3.8) is 0 Å². The monoisotopic (exact) mass is 565 g/mol. The predicted molar refractivity (Wildman–Crippen MR) is 160 cm³/mol. The molecule has 2 aromatic heterocycles. The Balaban J connectivity index is 0.00000189. The maximum absolute atomic E-state index is 13.2. The first kappa shape index (κ1) is 30.1. The number of rotatable bonds is 7. The van der Waals surface area contributed by atoms with Crippen molar-refractivity contribution in [2.24, 2.45) is 0 Å². The molecule has 222 valence electrons. The summed E-state index contributed by atoms with van der Waals surface area (Å²) in [6, 6.07) is 3.11. The minimum atomic E-state index is -0.566. The van der Waals surface area contributed by atoms with Crippen LogP contribution in [0.25, 0.3) is 0 Å². The fourth-order valence-electron chi connectivity index (χ4n) is 5.86. The summed E-state index contributed by atoms with van der Waals surface area (Å²) in [4.78, 5) is 51.3. The van der Waals surface area contributed by atoms with E-state index in [0.717, 1.165) is 43.5 Å². The second-order valence-electron chi connectivity index (χ2n) is 10.4. The molecule has 41 heavy (non-hydrogen) atoms. The predicted octanol–water partition coefficient (Wildman–Crippen LogP) is 4.16. The van der Waals surface area contributed by atoms with Gasteiger partial charge in [-0.15, -0.1) is 0 Å². The van der Waals surface area contributed by atoms with Crippen molar-refractivity contribution in [2.75, 3.05) is 35.8 Å². The van der Waals surface area contributed by atoms with Gasteiger partial charge < -0.3 is 30.5 Å². The van der Waals surface area contributed by atoms with Crippen molar-refractivity contribution >= 4 is 40.7 Å². The Morgan fingerprint density at radius 2 is 1.78 bits per heavy atom. The molecule has 2 fully saturated rings. The van der Waals surface area contributed by atoms with Gasteiger partial charge in [0.15, 0.2) is 11.6 Å². The van der Waals surface area contributed by atoms with Gasteiger partial charge in [-0.3, -0.25) is 14.4 Å². The Kier molecular flexibility index (Phi) is 10.0. The van der Waals surface area contributed by atoms with E-state index >= 15 is 0 Å². The van der Waals surface area contributed by atoms with E-state index in [2.05, 4.69) is 37.7 Å². The molecule has 1 saturated heterocycles. The number of fused-ring (bicyclic) bond motifs is 1. The van der Waals surface area contributed by atoms with Gasteiger partial charge in [-0.05, 0) is 44.6 Å². The number of carbonyl (C=O) groups excluding carboxylic acids is 3. The third kappa shape index (κ3) is 6.39. The highest BCUT2D eigenvalue weighted by Crippen LogP contribution is 2.42. The first-order chi connectivity index (χ1) is 19.9. The van der Waals surface area contributed by atoms with Crippen molar-refractivity contribution in [3.8, 4) is 5.75 Å². The molecule has 2 aromatic rings. The summed E-state index contributed by atoms with van der Waals surface area (Å²) in [5, 5.41) is 8.87. The number of carbonyl (C=O) groups is 3. The third-order valence-corrected chi connectivity index (χ3v) is 7.98. The number of anilines is 4. The van der Waals surface area contributed by atoms with Gasteiger partial charge in [0, 0.05) is 31.9 Å². The van der Waals surface area contributed by atoms with Crippen LogP contribution in [0.15, 0.2) is 24.5 Å². The van der Waals surface area contributed by atoms with Gasteiger partial charge in [-0.2, -0.15) is 0 Å². The normalized spacial score (nSPS) is 20.8. The standard InChI is InChI=1S/C28H37N7O4.C2H6/c1-4-20-28(38)34(2)22-16-30-24(14-21(22)35(20)18-9-5-6-10-18)33-25-23(39-3)13-17(15-31-25)26(36)32-19-11-7-8-12-29-27(19)37;1-2/h13-16,18-20H,4-12H2,1-3H3,(H,29,37)(H,32,36)(H,30,31,33);1-2H3. The first-order valence-electron chi connectivity index (χ1n) is 14.9. The van der Waals surface area contributed by atoms with Gasteiger partial charge in [0.05, 0.1) is 30.2 Å². The molecule has 3 amide bonds. The highest BCUT2D eigenvalue weighted by molar-refractivity contribution is 6.05. The minimum Gasteiger partial charge on any atom is -0.493 e. The quantitative estimate of drug-likeness (QED) is 0.457. The van der Waals surface area contributed by atoms with E-state index in [0.29, 0.717) is 42.0 Å². The summed E-state index contributed by atoms with van der Waals surface area (Å²) in [7, 11) is 3.31. The number of hydrogen-bond acceptors (Lipinski definition) is 8. The number of nitrogens with zero attached hydrogens (tertiary/aromatic N) is 4. The molecule has 5 rings (SSSR count). The van der Waals surface area contributed by atoms with E-state index in [1.165, 1.54) is 26.1 Å². The van der Waals surface area contributed by atoms with E-state index in [9.17, 15) is 14.4 Å². The third-order valence-electron chi connectivity index (χ3n) is 7.98. The van der Waals surface area contributed by atoms with Crippen molar-refractivity contribution in [1.82, 2.24) is 20.6 Å². The van der Waals surface area contributed by atoms with Crippen LogP contribution in [0.2, 0.25) is 0 Å². The fourth-order valence-corrected chi connectivity index (χ4v) is 5.86. The van der Waals surface area contributed by atoms with Crippen molar-refractivity contribution in [1.29, 1.82) is 0 Å². The molecule has 3 aliphatic rings. The number of ether oxygens (including phenoxy) is 1.